The van der Waals surface area contributed by atoms with E-state index in [1.807, 2.05) is 11.3 Å². The van der Waals surface area contributed by atoms with Crippen LogP contribution in [0.1, 0.15) is 33.4 Å². The van der Waals surface area contributed by atoms with Crippen LogP contribution in [0.2, 0.25) is 0 Å². The number of benzene rings is 8. The predicted molar refractivity (Wildman–Crippen MR) is 242 cm³/mol. The Bertz CT molecular complexity index is 3450. The Balaban J connectivity index is 1.12. The van der Waals surface area contributed by atoms with E-state index in [9.17, 15) is 0 Å². The van der Waals surface area contributed by atoms with Crippen LogP contribution in [0.5, 0.6) is 0 Å². The molecule has 4 aliphatic rings. The molecule has 0 amide bonds. The van der Waals surface area contributed by atoms with Gasteiger partial charge >= 0.3 is 0 Å². The monoisotopic (exact) mass is 753 g/mol. The predicted octanol–water partition coefficient (Wildman–Crippen LogP) is 14.2. The van der Waals surface area contributed by atoms with Crippen molar-refractivity contribution in [1.29, 1.82) is 0 Å². The van der Waals surface area contributed by atoms with E-state index in [0.29, 0.717) is 0 Å². The molecule has 8 aromatic carbocycles. The minimum Gasteiger partial charge on any atom is -0.309 e. The second-order valence-corrected chi connectivity index (χ2v) is 17.7. The molecule has 0 N–H and O–H groups in total. The summed E-state index contributed by atoms with van der Waals surface area (Å²) < 4.78 is 5.20. The lowest BCUT2D eigenvalue weighted by molar-refractivity contribution is 0.254. The number of nitrogens with zero attached hydrogens (tertiary/aromatic N) is 1. The highest BCUT2D eigenvalue weighted by molar-refractivity contribution is 7.25. The van der Waals surface area contributed by atoms with E-state index >= 15 is 0 Å². The van der Waals surface area contributed by atoms with Crippen molar-refractivity contribution in [2.75, 3.05) is 0 Å². The second-order valence-electron chi connectivity index (χ2n) is 16.7. The Morgan fingerprint density at radius 3 is 1.55 bits per heavy atom. The number of rotatable bonds is 1. The first-order chi connectivity index (χ1) is 28.8. The van der Waals surface area contributed by atoms with Crippen molar-refractivity contribution in [3.63, 3.8) is 0 Å². The van der Waals surface area contributed by atoms with E-state index in [1.54, 1.807) is 0 Å². The van der Waals surface area contributed by atoms with Crippen molar-refractivity contribution >= 4 is 53.3 Å². The van der Waals surface area contributed by atoms with Crippen molar-refractivity contribution in [1.82, 2.24) is 4.57 Å². The van der Waals surface area contributed by atoms with Gasteiger partial charge in [-0.05, 0) is 98.1 Å². The molecule has 10 aromatic rings. The van der Waals surface area contributed by atoms with Crippen LogP contribution in [0.15, 0.2) is 200 Å². The molecule has 0 bridgehead atoms. The molecule has 14 rings (SSSR count). The molecule has 0 fully saturated rings. The summed E-state index contributed by atoms with van der Waals surface area (Å²) in [6, 6.07) is 67.4. The van der Waals surface area contributed by atoms with Gasteiger partial charge in [-0.3, -0.25) is 0 Å². The number of thiophene rings is 1. The van der Waals surface area contributed by atoms with Gasteiger partial charge in [-0.15, -0.1) is 11.3 Å². The topological polar surface area (TPSA) is 4.93 Å². The fourth-order valence-corrected chi connectivity index (χ4v) is 13.5. The molecule has 0 saturated heterocycles. The molecule has 270 valence electrons. The molecule has 2 heteroatoms. The van der Waals surface area contributed by atoms with Crippen LogP contribution >= 0.6 is 11.3 Å². The lowest BCUT2D eigenvalue weighted by Crippen LogP contribution is -2.53. The number of fused-ring (bicyclic) bond motifs is 22. The van der Waals surface area contributed by atoms with E-state index in [2.05, 4.69) is 205 Å². The summed E-state index contributed by atoms with van der Waals surface area (Å²) in [5.41, 5.74) is 16.9. The Labute approximate surface area is 340 Å². The third-order valence-corrected chi connectivity index (χ3v) is 15.6. The quantitative estimate of drug-likeness (QED) is 0.157. The molecule has 0 aliphatic heterocycles. The Morgan fingerprint density at radius 2 is 0.879 bits per heavy atom. The van der Waals surface area contributed by atoms with Gasteiger partial charge in [0.2, 0.25) is 0 Å². The van der Waals surface area contributed by atoms with Gasteiger partial charge in [0.1, 0.15) is 0 Å². The molecular weight excluding hydrogens is 719 g/mol. The zero-order chi connectivity index (χ0) is 37.7. The van der Waals surface area contributed by atoms with E-state index < -0.39 is 5.41 Å². The molecule has 3 atom stereocenters. The fourth-order valence-electron chi connectivity index (χ4n) is 12.4. The normalized spacial score (nSPS) is 20.1. The van der Waals surface area contributed by atoms with Gasteiger partial charge in [0.25, 0.3) is 0 Å². The molecule has 1 nitrogen and oxygen atoms in total. The number of aromatic nitrogens is 1. The molecule has 2 spiro atoms. The highest BCUT2D eigenvalue weighted by atomic mass is 32.1. The van der Waals surface area contributed by atoms with Gasteiger partial charge in [0, 0.05) is 48.5 Å². The lowest BCUT2D eigenvalue weighted by atomic mass is 9.45. The minimum atomic E-state index is -0.421. The molecule has 4 aliphatic carbocycles. The highest BCUT2D eigenvalue weighted by Crippen LogP contribution is 2.70. The summed E-state index contributed by atoms with van der Waals surface area (Å²) in [4.78, 5) is 0. The summed E-state index contributed by atoms with van der Waals surface area (Å²) >= 11 is 1.88. The van der Waals surface area contributed by atoms with Gasteiger partial charge in [-0.2, -0.15) is 0 Å². The van der Waals surface area contributed by atoms with Gasteiger partial charge in [-0.25, -0.2) is 0 Å². The molecule has 3 unspecified atom stereocenters. The number of hydrogen-bond acceptors (Lipinski definition) is 1. The van der Waals surface area contributed by atoms with E-state index in [4.69, 9.17) is 0 Å². The van der Waals surface area contributed by atoms with Crippen LogP contribution in [0.25, 0.3) is 69.9 Å². The first-order valence-corrected chi connectivity index (χ1v) is 21.3. The molecule has 58 heavy (non-hydrogen) atoms. The maximum absolute atomic E-state index is 2.61. The van der Waals surface area contributed by atoms with Crippen LogP contribution in [0.3, 0.4) is 0 Å². The summed E-state index contributed by atoms with van der Waals surface area (Å²) in [5, 5.41) is 5.23. The Hall–Kier alpha value is -6.74. The van der Waals surface area contributed by atoms with Crippen molar-refractivity contribution in [3.8, 4) is 27.9 Å². The van der Waals surface area contributed by atoms with Crippen molar-refractivity contribution in [3.05, 3.63) is 234 Å². The lowest BCUT2D eigenvalue weighted by Gasteiger charge is -2.56. The smallest absolute Gasteiger partial charge is 0.0544 e. The molecule has 2 aromatic heterocycles. The van der Waals surface area contributed by atoms with Crippen molar-refractivity contribution in [2.24, 2.45) is 11.8 Å². The first-order valence-electron chi connectivity index (χ1n) is 20.5. The molecular formula is C56H35NS. The second kappa shape index (κ2) is 11.0. The zero-order valence-corrected chi connectivity index (χ0v) is 32.4. The summed E-state index contributed by atoms with van der Waals surface area (Å²) in [7, 11) is 0. The summed E-state index contributed by atoms with van der Waals surface area (Å²) in [6.45, 7) is 0. The van der Waals surface area contributed by atoms with Gasteiger partial charge in [-0.1, -0.05) is 158 Å². The SMILES string of the molecule is C1=CC2C(C=C1)C1(c3ccccc3-c3cc4c5ccccc5n(-c5ccc6sc7ccccc7c6c5)c4cc31)c1ccccc1C21c2ccccc2-c2ccccc21. The van der Waals surface area contributed by atoms with Crippen molar-refractivity contribution in [2.45, 2.75) is 10.8 Å². The molecule has 0 radical (unpaired) electrons. The van der Waals surface area contributed by atoms with Crippen LogP contribution in [-0.4, -0.2) is 4.57 Å². The Morgan fingerprint density at radius 1 is 0.362 bits per heavy atom. The maximum Gasteiger partial charge on any atom is 0.0544 e. The largest absolute Gasteiger partial charge is 0.309 e. The van der Waals surface area contributed by atoms with E-state index in [-0.39, 0.29) is 17.3 Å². The van der Waals surface area contributed by atoms with Gasteiger partial charge < -0.3 is 4.57 Å². The summed E-state index contributed by atoms with van der Waals surface area (Å²) in [5.74, 6) is 0.324. The third kappa shape index (κ3) is 3.57. The van der Waals surface area contributed by atoms with Gasteiger partial charge in [0.05, 0.1) is 21.9 Å². The van der Waals surface area contributed by atoms with Crippen LogP contribution < -0.4 is 0 Å². The highest BCUT2D eigenvalue weighted by Gasteiger charge is 2.64. The number of hydrogen-bond donors (Lipinski definition) is 0. The molecule has 2 heterocycles. The third-order valence-electron chi connectivity index (χ3n) is 14.4. The van der Waals surface area contributed by atoms with Crippen molar-refractivity contribution < 1.29 is 0 Å². The summed E-state index contributed by atoms with van der Waals surface area (Å²) in [6.07, 6.45) is 9.76. The van der Waals surface area contributed by atoms with Crippen LogP contribution in [0, 0.1) is 11.8 Å². The number of allylic oxidation sites excluding steroid dienone is 4. The molecule has 0 saturated carbocycles. The fraction of sp³-hybridized carbons (Fsp3) is 0.0714. The van der Waals surface area contributed by atoms with E-state index in [1.165, 1.54) is 103 Å². The van der Waals surface area contributed by atoms with Crippen LogP contribution in [0.4, 0.5) is 0 Å². The first kappa shape index (κ1) is 31.4. The number of para-hydroxylation sites is 1. The Kier molecular flexibility index (Phi) is 5.95. The minimum absolute atomic E-state index is 0.151. The average molecular weight is 754 g/mol. The standard InChI is InChI=1S/C56H35NS/c1-6-20-43-35(15-1)36-16-2-7-21-44(36)55(43)46-23-9-11-25-48(46)56(49-26-12-10-24-47(49)55)45-22-8-3-17-37(45)40-32-41-38-18-4-13-27-51(38)57(52(41)33-50(40)56)34-29-30-54-42(31-34)39-19-5-14-28-53(39)58-54/h1-33,46,48H. The maximum atomic E-state index is 2.61. The average Bonchev–Trinajstić information content (AvgIpc) is 4.00. The zero-order valence-electron chi connectivity index (χ0n) is 31.6. The van der Waals surface area contributed by atoms with Crippen LogP contribution in [-0.2, 0) is 10.8 Å². The van der Waals surface area contributed by atoms with E-state index in [0.717, 1.165) is 0 Å². The van der Waals surface area contributed by atoms with Gasteiger partial charge in [0.15, 0.2) is 0 Å².